The first-order valence-corrected chi connectivity index (χ1v) is 2.41. The lowest BCUT2D eigenvalue weighted by Crippen LogP contribution is -1.95. The highest BCUT2D eigenvalue weighted by Gasteiger charge is 1.93. The standard InChI is InChI=1S/C5H9O3/c6-4-2-1-3-5(7)8/h2,6H,1,3-4H2,(H,7,8). The van der Waals surface area contributed by atoms with E-state index in [0.29, 0.717) is 6.42 Å². The van der Waals surface area contributed by atoms with Crippen molar-refractivity contribution in [1.82, 2.24) is 0 Å². The van der Waals surface area contributed by atoms with Gasteiger partial charge in [-0.05, 0) is 12.8 Å². The van der Waals surface area contributed by atoms with E-state index in [1.165, 1.54) is 6.42 Å². The minimum atomic E-state index is -0.824. The third kappa shape index (κ3) is 5.43. The molecule has 0 aliphatic carbocycles. The largest absolute Gasteiger partial charge is 0.481 e. The number of unbranched alkanes of at least 4 members (excludes halogenated alkanes) is 1. The monoisotopic (exact) mass is 117 g/mol. The van der Waals surface area contributed by atoms with Crippen molar-refractivity contribution < 1.29 is 15.0 Å². The number of aliphatic carboxylic acids is 1. The minimum Gasteiger partial charge on any atom is -0.481 e. The molecule has 0 rings (SSSR count). The quantitative estimate of drug-likeness (QED) is 0.511. The Morgan fingerprint density at radius 3 is 2.62 bits per heavy atom. The Morgan fingerprint density at radius 2 is 2.25 bits per heavy atom. The van der Waals surface area contributed by atoms with E-state index in [0.717, 1.165) is 0 Å². The maximum absolute atomic E-state index is 9.77. The fourth-order valence-electron chi connectivity index (χ4n) is 0.317. The molecule has 1 radical (unpaired) electrons. The van der Waals surface area contributed by atoms with Crippen LogP contribution in [-0.4, -0.2) is 22.8 Å². The molecule has 0 unspecified atom stereocenters. The molecular weight excluding hydrogens is 108 g/mol. The Morgan fingerprint density at radius 1 is 1.62 bits per heavy atom. The molecule has 8 heavy (non-hydrogen) atoms. The summed E-state index contributed by atoms with van der Waals surface area (Å²) in [7, 11) is 0. The van der Waals surface area contributed by atoms with Crippen LogP contribution in [0.5, 0.6) is 0 Å². The average Bonchev–Trinajstić information content (AvgIpc) is 1.66. The van der Waals surface area contributed by atoms with Crippen LogP contribution in [0.1, 0.15) is 12.8 Å². The number of hydrogen-bond acceptors (Lipinski definition) is 2. The van der Waals surface area contributed by atoms with Gasteiger partial charge in [-0.2, -0.15) is 0 Å². The van der Waals surface area contributed by atoms with Gasteiger partial charge in [-0.25, -0.2) is 0 Å². The van der Waals surface area contributed by atoms with Crippen molar-refractivity contribution in [2.45, 2.75) is 12.8 Å². The summed E-state index contributed by atoms with van der Waals surface area (Å²) in [5.41, 5.74) is 0. The maximum Gasteiger partial charge on any atom is 0.303 e. The number of aliphatic hydroxyl groups excluding tert-OH is 1. The van der Waals surface area contributed by atoms with Gasteiger partial charge < -0.3 is 10.2 Å². The summed E-state index contributed by atoms with van der Waals surface area (Å²) in [5, 5.41) is 16.2. The van der Waals surface area contributed by atoms with Gasteiger partial charge in [-0.3, -0.25) is 4.79 Å². The van der Waals surface area contributed by atoms with Crippen molar-refractivity contribution in [2.24, 2.45) is 0 Å². The molecule has 0 amide bonds. The molecular formula is C5H9O3. The summed E-state index contributed by atoms with van der Waals surface area (Å²) in [6.45, 7) is -0.0344. The number of carbonyl (C=O) groups is 1. The fourth-order valence-corrected chi connectivity index (χ4v) is 0.317. The Bertz CT molecular complexity index is 70.1. The highest BCUT2D eigenvalue weighted by molar-refractivity contribution is 5.66. The second-order valence-electron chi connectivity index (χ2n) is 1.40. The highest BCUT2D eigenvalue weighted by Crippen LogP contribution is 1.90. The van der Waals surface area contributed by atoms with Crippen LogP contribution < -0.4 is 0 Å². The molecule has 47 valence electrons. The molecule has 0 aromatic heterocycles. The molecule has 0 saturated carbocycles. The van der Waals surface area contributed by atoms with Crippen LogP contribution in [0, 0.1) is 6.42 Å². The minimum absolute atomic E-state index is 0.0344. The van der Waals surface area contributed by atoms with E-state index in [1.807, 2.05) is 0 Å². The summed E-state index contributed by atoms with van der Waals surface area (Å²) >= 11 is 0. The summed E-state index contributed by atoms with van der Waals surface area (Å²) in [6.07, 6.45) is 2.08. The maximum atomic E-state index is 9.77. The first-order valence-electron chi connectivity index (χ1n) is 2.41. The van der Waals surface area contributed by atoms with E-state index in [4.69, 9.17) is 10.2 Å². The lowest BCUT2D eigenvalue weighted by molar-refractivity contribution is -0.136. The second-order valence-corrected chi connectivity index (χ2v) is 1.40. The highest BCUT2D eigenvalue weighted by atomic mass is 16.4. The fraction of sp³-hybridized carbons (Fsp3) is 0.600. The SMILES string of the molecule is O=C(O)CC[CH]CO. The molecule has 0 saturated heterocycles. The summed E-state index contributed by atoms with van der Waals surface area (Å²) in [4.78, 5) is 9.77. The first kappa shape index (κ1) is 7.43. The number of rotatable bonds is 4. The van der Waals surface area contributed by atoms with E-state index in [9.17, 15) is 4.79 Å². The Labute approximate surface area is 47.9 Å². The van der Waals surface area contributed by atoms with Crippen molar-refractivity contribution in [3.63, 3.8) is 0 Å². The van der Waals surface area contributed by atoms with Crippen LogP contribution in [0.3, 0.4) is 0 Å². The predicted octanol–water partition coefficient (Wildman–Crippen LogP) is 0.0478. The van der Waals surface area contributed by atoms with Gasteiger partial charge in [-0.15, -0.1) is 0 Å². The molecule has 0 atom stereocenters. The van der Waals surface area contributed by atoms with Gasteiger partial charge in [0.1, 0.15) is 0 Å². The van der Waals surface area contributed by atoms with Crippen molar-refractivity contribution in [2.75, 3.05) is 6.61 Å². The normalized spacial score (nSPS) is 9.12. The van der Waals surface area contributed by atoms with Crippen LogP contribution in [-0.2, 0) is 4.79 Å². The van der Waals surface area contributed by atoms with Crippen LogP contribution in [0.25, 0.3) is 0 Å². The van der Waals surface area contributed by atoms with Crippen LogP contribution in [0.2, 0.25) is 0 Å². The van der Waals surface area contributed by atoms with E-state index in [2.05, 4.69) is 0 Å². The zero-order valence-corrected chi connectivity index (χ0v) is 4.50. The molecule has 0 aliphatic rings. The van der Waals surface area contributed by atoms with Crippen LogP contribution >= 0.6 is 0 Å². The summed E-state index contributed by atoms with van der Waals surface area (Å²) in [6, 6.07) is 0. The summed E-state index contributed by atoms with van der Waals surface area (Å²) < 4.78 is 0. The third-order valence-electron chi connectivity index (χ3n) is 0.691. The Kier molecular flexibility index (Phi) is 4.26. The topological polar surface area (TPSA) is 57.5 Å². The first-order chi connectivity index (χ1) is 3.77. The zero-order chi connectivity index (χ0) is 6.41. The van der Waals surface area contributed by atoms with E-state index < -0.39 is 5.97 Å². The molecule has 0 heterocycles. The average molecular weight is 117 g/mol. The number of hydrogen-bond donors (Lipinski definition) is 2. The lowest BCUT2D eigenvalue weighted by Gasteiger charge is -1.89. The Balaban J connectivity index is 2.82. The number of carboxylic acid groups (broad SMARTS) is 1. The van der Waals surface area contributed by atoms with E-state index in [1.54, 1.807) is 0 Å². The van der Waals surface area contributed by atoms with Crippen LogP contribution in [0.4, 0.5) is 0 Å². The van der Waals surface area contributed by atoms with Gasteiger partial charge in [-0.1, -0.05) is 0 Å². The van der Waals surface area contributed by atoms with E-state index >= 15 is 0 Å². The predicted molar refractivity (Wildman–Crippen MR) is 28.3 cm³/mol. The van der Waals surface area contributed by atoms with E-state index in [-0.39, 0.29) is 13.0 Å². The smallest absolute Gasteiger partial charge is 0.303 e. The molecule has 0 fully saturated rings. The zero-order valence-electron chi connectivity index (χ0n) is 4.50. The summed E-state index contributed by atoms with van der Waals surface area (Å²) in [5.74, 6) is -0.824. The lowest BCUT2D eigenvalue weighted by atomic mass is 10.2. The number of carboxylic acids is 1. The van der Waals surface area contributed by atoms with Crippen molar-refractivity contribution >= 4 is 5.97 Å². The van der Waals surface area contributed by atoms with Gasteiger partial charge in [0, 0.05) is 13.0 Å². The molecule has 0 aromatic carbocycles. The second kappa shape index (κ2) is 4.59. The van der Waals surface area contributed by atoms with Gasteiger partial charge >= 0.3 is 5.97 Å². The van der Waals surface area contributed by atoms with Crippen molar-refractivity contribution in [3.05, 3.63) is 6.42 Å². The van der Waals surface area contributed by atoms with Gasteiger partial charge in [0.15, 0.2) is 0 Å². The van der Waals surface area contributed by atoms with Gasteiger partial charge in [0.05, 0.1) is 0 Å². The Hall–Kier alpha value is -0.570. The molecule has 0 bridgehead atoms. The van der Waals surface area contributed by atoms with Crippen LogP contribution in [0.15, 0.2) is 0 Å². The van der Waals surface area contributed by atoms with Gasteiger partial charge in [0.25, 0.3) is 0 Å². The van der Waals surface area contributed by atoms with Crippen molar-refractivity contribution in [1.29, 1.82) is 0 Å². The number of aliphatic hydroxyl groups is 1. The van der Waals surface area contributed by atoms with Crippen molar-refractivity contribution in [3.8, 4) is 0 Å². The molecule has 3 nitrogen and oxygen atoms in total. The molecule has 0 aliphatic heterocycles. The third-order valence-corrected chi connectivity index (χ3v) is 0.691. The molecule has 3 heteroatoms. The van der Waals surface area contributed by atoms with Gasteiger partial charge in [0.2, 0.25) is 0 Å². The molecule has 0 aromatic rings. The molecule has 0 spiro atoms. The molecule has 2 N–H and O–H groups in total.